The number of nitrogens with two attached hydrogens (primary N) is 1. The molecule has 1 aromatic heterocycles. The van der Waals surface area contributed by atoms with Crippen LogP contribution in [0.3, 0.4) is 0 Å². The van der Waals surface area contributed by atoms with Crippen LogP contribution in [0, 0.1) is 0 Å². The molecule has 0 unspecified atom stereocenters. The lowest BCUT2D eigenvalue weighted by Crippen LogP contribution is -2.21. The molecular formula is C13H17N5O3S. The van der Waals surface area contributed by atoms with Gasteiger partial charge in [0.1, 0.15) is 18.1 Å². The van der Waals surface area contributed by atoms with E-state index in [1.807, 2.05) is 12.1 Å². The molecular weight excluding hydrogens is 306 g/mol. The van der Waals surface area contributed by atoms with Crippen molar-refractivity contribution in [3.63, 3.8) is 0 Å². The minimum Gasteiger partial charge on any atom is -0.497 e. The van der Waals surface area contributed by atoms with E-state index in [0.29, 0.717) is 22.5 Å². The van der Waals surface area contributed by atoms with Crippen LogP contribution < -0.4 is 20.6 Å². The number of hydrogen-bond donors (Lipinski definition) is 2. The van der Waals surface area contributed by atoms with Crippen molar-refractivity contribution in [2.75, 3.05) is 25.8 Å². The van der Waals surface area contributed by atoms with E-state index in [1.54, 1.807) is 26.3 Å². The van der Waals surface area contributed by atoms with Crippen molar-refractivity contribution in [1.29, 1.82) is 0 Å². The smallest absolute Gasteiger partial charge is 0.230 e. The zero-order valence-corrected chi connectivity index (χ0v) is 13.1. The largest absolute Gasteiger partial charge is 0.497 e. The number of carbonyl (C=O) groups excluding carboxylic acids is 1. The van der Waals surface area contributed by atoms with Crippen molar-refractivity contribution in [3.8, 4) is 11.5 Å². The average molecular weight is 323 g/mol. The van der Waals surface area contributed by atoms with Gasteiger partial charge in [-0.3, -0.25) is 4.79 Å². The van der Waals surface area contributed by atoms with E-state index in [1.165, 1.54) is 16.4 Å². The molecule has 8 nitrogen and oxygen atoms in total. The Kier molecular flexibility index (Phi) is 5.48. The van der Waals surface area contributed by atoms with Crippen LogP contribution in [0.4, 0.5) is 0 Å². The number of aromatic nitrogens is 3. The molecule has 118 valence electrons. The molecule has 0 aliphatic carbocycles. The van der Waals surface area contributed by atoms with Crippen LogP contribution in [0.15, 0.2) is 29.4 Å². The van der Waals surface area contributed by atoms with Crippen molar-refractivity contribution in [2.45, 2.75) is 11.8 Å². The van der Waals surface area contributed by atoms with Gasteiger partial charge in [-0.2, -0.15) is 0 Å². The molecule has 0 radical (unpaired) electrons. The molecule has 0 bridgehead atoms. The highest BCUT2D eigenvalue weighted by Crippen LogP contribution is 2.20. The number of nitrogen functional groups attached to an aromatic ring is 1. The van der Waals surface area contributed by atoms with Crippen LogP contribution in [-0.2, 0) is 11.4 Å². The van der Waals surface area contributed by atoms with Crippen LogP contribution in [0.2, 0.25) is 0 Å². The summed E-state index contributed by atoms with van der Waals surface area (Å²) in [5.74, 6) is 7.80. The van der Waals surface area contributed by atoms with Crippen molar-refractivity contribution >= 4 is 17.7 Å². The molecule has 0 fully saturated rings. The highest BCUT2D eigenvalue weighted by molar-refractivity contribution is 7.99. The van der Waals surface area contributed by atoms with E-state index in [0.717, 1.165) is 0 Å². The summed E-state index contributed by atoms with van der Waals surface area (Å²) >= 11 is 1.21. The lowest BCUT2D eigenvalue weighted by Gasteiger charge is -2.07. The fraction of sp³-hybridized carbons (Fsp3) is 0.308. The second-order valence-corrected chi connectivity index (χ2v) is 5.14. The van der Waals surface area contributed by atoms with Crippen LogP contribution >= 0.6 is 11.8 Å². The summed E-state index contributed by atoms with van der Waals surface area (Å²) in [7, 11) is 3.16. The van der Waals surface area contributed by atoms with Crippen molar-refractivity contribution in [2.24, 2.45) is 0 Å². The molecule has 1 aromatic carbocycles. The van der Waals surface area contributed by atoms with Crippen LogP contribution in [-0.4, -0.2) is 40.7 Å². The van der Waals surface area contributed by atoms with E-state index in [-0.39, 0.29) is 18.3 Å². The van der Waals surface area contributed by atoms with Gasteiger partial charge in [-0.1, -0.05) is 17.8 Å². The van der Waals surface area contributed by atoms with Crippen molar-refractivity contribution in [3.05, 3.63) is 30.1 Å². The number of methoxy groups -OCH3 is 1. The lowest BCUT2D eigenvalue weighted by molar-refractivity contribution is -0.118. The quantitative estimate of drug-likeness (QED) is 0.562. The van der Waals surface area contributed by atoms with Crippen LogP contribution in [0.1, 0.15) is 5.82 Å². The van der Waals surface area contributed by atoms with Gasteiger partial charge >= 0.3 is 0 Å². The van der Waals surface area contributed by atoms with E-state index in [2.05, 4.69) is 15.5 Å². The van der Waals surface area contributed by atoms with Gasteiger partial charge in [-0.15, -0.1) is 10.2 Å². The second-order valence-electron chi connectivity index (χ2n) is 4.20. The monoisotopic (exact) mass is 323 g/mol. The van der Waals surface area contributed by atoms with Gasteiger partial charge in [0.25, 0.3) is 0 Å². The number of ether oxygens (including phenoxy) is 2. The van der Waals surface area contributed by atoms with Crippen molar-refractivity contribution in [1.82, 2.24) is 20.2 Å². The Morgan fingerprint density at radius 1 is 1.41 bits per heavy atom. The molecule has 0 atom stereocenters. The predicted octanol–water partition coefficient (Wildman–Crippen LogP) is 0.418. The number of hydrogen-bond acceptors (Lipinski definition) is 7. The number of amides is 1. The SMILES string of the molecule is CNC(=O)CSc1nnc(COc2cccc(OC)c2)n1N. The first-order valence-corrected chi connectivity index (χ1v) is 7.42. The zero-order valence-electron chi connectivity index (χ0n) is 12.3. The Bertz CT molecular complexity index is 646. The third-order valence-corrected chi connectivity index (χ3v) is 3.70. The highest BCUT2D eigenvalue weighted by Gasteiger charge is 2.12. The fourth-order valence-corrected chi connectivity index (χ4v) is 2.29. The minimum absolute atomic E-state index is 0.109. The first-order chi connectivity index (χ1) is 10.6. The molecule has 0 spiro atoms. The molecule has 1 amide bonds. The number of nitrogens with zero attached hydrogens (tertiary/aromatic N) is 3. The Morgan fingerprint density at radius 3 is 2.91 bits per heavy atom. The maximum Gasteiger partial charge on any atom is 0.230 e. The summed E-state index contributed by atoms with van der Waals surface area (Å²) in [6.45, 7) is 0.164. The molecule has 9 heteroatoms. The summed E-state index contributed by atoms with van der Waals surface area (Å²) in [5, 5.41) is 10.9. The zero-order chi connectivity index (χ0) is 15.9. The molecule has 0 saturated heterocycles. The molecule has 0 aliphatic rings. The summed E-state index contributed by atoms with van der Waals surface area (Å²) in [5.41, 5.74) is 0. The summed E-state index contributed by atoms with van der Waals surface area (Å²) < 4.78 is 12.0. The fourth-order valence-electron chi connectivity index (χ4n) is 1.55. The molecule has 0 aliphatic heterocycles. The predicted molar refractivity (Wildman–Crippen MR) is 82.3 cm³/mol. The number of nitrogens with one attached hydrogen (secondary N) is 1. The topological polar surface area (TPSA) is 104 Å². The second kappa shape index (κ2) is 7.55. The highest BCUT2D eigenvalue weighted by atomic mass is 32.2. The normalized spacial score (nSPS) is 10.3. The maximum atomic E-state index is 11.2. The minimum atomic E-state index is -0.109. The summed E-state index contributed by atoms with van der Waals surface area (Å²) in [4.78, 5) is 11.2. The molecule has 3 N–H and O–H groups in total. The number of benzene rings is 1. The van der Waals surface area contributed by atoms with Gasteiger partial charge < -0.3 is 20.6 Å². The molecule has 0 saturated carbocycles. The molecule has 22 heavy (non-hydrogen) atoms. The van der Waals surface area contributed by atoms with Gasteiger partial charge in [0.2, 0.25) is 11.1 Å². The first-order valence-electron chi connectivity index (χ1n) is 6.43. The molecule has 2 rings (SSSR count). The first kappa shape index (κ1) is 16.0. The van der Waals surface area contributed by atoms with Gasteiger partial charge in [0.15, 0.2) is 5.82 Å². The Hall–Kier alpha value is -2.42. The lowest BCUT2D eigenvalue weighted by atomic mass is 10.3. The van der Waals surface area contributed by atoms with E-state index in [4.69, 9.17) is 15.3 Å². The van der Waals surface area contributed by atoms with Crippen molar-refractivity contribution < 1.29 is 14.3 Å². The Labute approximate surface area is 132 Å². The maximum absolute atomic E-state index is 11.2. The van der Waals surface area contributed by atoms with E-state index in [9.17, 15) is 4.79 Å². The van der Waals surface area contributed by atoms with Gasteiger partial charge in [0.05, 0.1) is 12.9 Å². The van der Waals surface area contributed by atoms with Crippen LogP contribution in [0.5, 0.6) is 11.5 Å². The van der Waals surface area contributed by atoms with Gasteiger partial charge in [-0.25, -0.2) is 4.68 Å². The van der Waals surface area contributed by atoms with E-state index >= 15 is 0 Å². The number of rotatable bonds is 7. The summed E-state index contributed by atoms with van der Waals surface area (Å²) in [6, 6.07) is 7.22. The Morgan fingerprint density at radius 2 is 2.18 bits per heavy atom. The van der Waals surface area contributed by atoms with E-state index < -0.39 is 0 Å². The average Bonchev–Trinajstić information content (AvgIpc) is 2.91. The number of carbonyl (C=O) groups is 1. The third kappa shape index (κ3) is 4.04. The molecule has 2 aromatic rings. The van der Waals surface area contributed by atoms with Gasteiger partial charge in [-0.05, 0) is 12.1 Å². The number of thioether (sulfide) groups is 1. The summed E-state index contributed by atoms with van der Waals surface area (Å²) in [6.07, 6.45) is 0. The standard InChI is InChI=1S/C13H17N5O3S/c1-15-12(19)8-22-13-17-16-11(18(13)14)7-21-10-5-3-4-9(6-10)20-2/h3-6H,7-8,14H2,1-2H3,(H,15,19). The molecule has 1 heterocycles. The van der Waals surface area contributed by atoms with Gasteiger partial charge in [0, 0.05) is 13.1 Å². The van der Waals surface area contributed by atoms with Crippen LogP contribution in [0.25, 0.3) is 0 Å². The Balaban J connectivity index is 1.95. The third-order valence-electron chi connectivity index (χ3n) is 2.76.